The molecule has 3 aromatic carbocycles. The van der Waals surface area contributed by atoms with Crippen LogP contribution < -0.4 is 21.3 Å². The van der Waals surface area contributed by atoms with Crippen molar-refractivity contribution < 1.29 is 46.4 Å². The molecule has 0 bridgehead atoms. The molecule has 4 rings (SSSR count). The van der Waals surface area contributed by atoms with Gasteiger partial charge in [0, 0.05) is 19.5 Å². The van der Waals surface area contributed by atoms with E-state index in [-0.39, 0.29) is 54.9 Å². The number of benzene rings is 3. The molecule has 0 spiro atoms. The molecule has 5 atom stereocenters. The number of carbonyl (C=O) groups excluding carboxylic acids is 5. The molecule has 1 saturated heterocycles. The highest BCUT2D eigenvalue weighted by Gasteiger charge is 2.40. The van der Waals surface area contributed by atoms with Crippen LogP contribution in [-0.4, -0.2) is 117 Å². The zero-order chi connectivity index (χ0) is 46.9. The van der Waals surface area contributed by atoms with Crippen LogP contribution in [0.4, 0.5) is 0 Å². The van der Waals surface area contributed by atoms with Crippen molar-refractivity contribution in [2.24, 2.45) is 11.8 Å². The summed E-state index contributed by atoms with van der Waals surface area (Å²) in [6.45, 7) is 11.9. The predicted molar refractivity (Wildman–Crippen MR) is 243 cm³/mol. The molecule has 5 N–H and O–H groups in total. The minimum atomic E-state index is -4.34. The van der Waals surface area contributed by atoms with Crippen molar-refractivity contribution in [2.75, 3.05) is 39.5 Å². The number of ketones is 1. The van der Waals surface area contributed by atoms with Gasteiger partial charge in [-0.25, -0.2) is 0 Å². The molecule has 15 nitrogen and oxygen atoms in total. The Bertz CT molecular complexity index is 2080. The van der Waals surface area contributed by atoms with Gasteiger partial charge in [0.1, 0.15) is 30.3 Å². The van der Waals surface area contributed by atoms with Crippen LogP contribution in [0.5, 0.6) is 0 Å². The van der Waals surface area contributed by atoms with Crippen molar-refractivity contribution in [2.45, 2.75) is 115 Å². The number of ether oxygens (including phenoxy) is 1. The van der Waals surface area contributed by atoms with Gasteiger partial charge in [0.05, 0.1) is 30.7 Å². The van der Waals surface area contributed by atoms with Gasteiger partial charge in [0.2, 0.25) is 23.6 Å². The fourth-order valence-corrected chi connectivity index (χ4v) is 8.18. The highest BCUT2D eigenvalue weighted by Crippen LogP contribution is 2.20. The van der Waals surface area contributed by atoms with Gasteiger partial charge in [-0.2, -0.15) is 8.42 Å². The Kier molecular flexibility index (Phi) is 20.1. The van der Waals surface area contributed by atoms with E-state index in [1.165, 1.54) is 12.1 Å². The summed E-state index contributed by atoms with van der Waals surface area (Å²) in [4.78, 5) is 72.0. The summed E-state index contributed by atoms with van der Waals surface area (Å²) in [6, 6.07) is 19.8. The third-order valence-electron chi connectivity index (χ3n) is 10.9. The second-order valence-electron chi connectivity index (χ2n) is 17.7. The summed E-state index contributed by atoms with van der Waals surface area (Å²) in [7, 11) is -4.34. The Hall–Kier alpha value is -5.00. The van der Waals surface area contributed by atoms with E-state index >= 15 is 0 Å². The first kappa shape index (κ1) is 51.6. The van der Waals surface area contributed by atoms with Gasteiger partial charge in [-0.05, 0) is 81.0 Å². The standard InChI is InChI=1S/C48H67N5O10S/c1-33(2)17-23-40(50-45(56)39(24-20-36-13-9-7-10-14-36)49-43(54)31-53-25-27-62-28-26-53)46(57)52-42(30-37-15-11-8-12-16-37)47(58)51-41(29-34(3)4)44(55)48(6,59)32-63-64(60,61)38-21-18-35(5)19-22-38/h7-16,18-19,21-22,33-34,39-42,59H,17,20,23-32H2,1-6H3,(H,49,54)(H,50,56)(H,51,58)(H,52,57)/t39-,40-,41?,42-,48?/m0/s1. The van der Waals surface area contributed by atoms with Gasteiger partial charge in [-0.1, -0.05) is 106 Å². The maximum Gasteiger partial charge on any atom is 0.297 e. The van der Waals surface area contributed by atoms with E-state index in [1.807, 2.05) is 69.0 Å². The lowest BCUT2D eigenvalue weighted by atomic mass is 9.90. The molecule has 16 heteroatoms. The SMILES string of the molecule is Cc1ccc(S(=O)(=O)OCC(C)(O)C(=O)C(CC(C)C)NC(=O)[C@H](Cc2ccccc2)NC(=O)[C@H](CCC(C)C)NC(=O)[C@H](CCc2ccccc2)NC(=O)CN2CCOCC2)cc1. The monoisotopic (exact) mass is 905 g/mol. The lowest BCUT2D eigenvalue weighted by Crippen LogP contribution is -2.60. The summed E-state index contributed by atoms with van der Waals surface area (Å²) >= 11 is 0. The second kappa shape index (κ2) is 24.9. The third-order valence-corrected chi connectivity index (χ3v) is 12.2. The Morgan fingerprint density at radius 3 is 1.81 bits per heavy atom. The van der Waals surface area contributed by atoms with E-state index in [2.05, 4.69) is 21.3 Å². The van der Waals surface area contributed by atoms with Gasteiger partial charge >= 0.3 is 0 Å². The van der Waals surface area contributed by atoms with Crippen LogP contribution in [0.1, 0.15) is 77.0 Å². The van der Waals surface area contributed by atoms with Crippen molar-refractivity contribution >= 4 is 39.5 Å². The first-order valence-electron chi connectivity index (χ1n) is 22.1. The summed E-state index contributed by atoms with van der Waals surface area (Å²) < 4.78 is 36.5. The molecule has 0 aromatic heterocycles. The van der Waals surface area contributed by atoms with Crippen LogP contribution in [0.15, 0.2) is 89.8 Å². The van der Waals surface area contributed by atoms with Crippen LogP contribution in [-0.2, 0) is 55.9 Å². The van der Waals surface area contributed by atoms with Gasteiger partial charge < -0.3 is 31.1 Å². The van der Waals surface area contributed by atoms with E-state index in [1.54, 1.807) is 43.3 Å². The summed E-state index contributed by atoms with van der Waals surface area (Å²) in [6.07, 6.45) is 1.61. The lowest BCUT2D eigenvalue weighted by molar-refractivity contribution is -0.143. The Labute approximate surface area is 378 Å². The topological polar surface area (TPSA) is 210 Å². The molecule has 1 heterocycles. The molecule has 1 aliphatic heterocycles. The Morgan fingerprint density at radius 1 is 0.703 bits per heavy atom. The van der Waals surface area contributed by atoms with Crippen molar-refractivity contribution in [1.29, 1.82) is 0 Å². The minimum Gasteiger partial charge on any atom is -0.380 e. The van der Waals surface area contributed by atoms with Crippen molar-refractivity contribution in [3.63, 3.8) is 0 Å². The zero-order valence-corrected chi connectivity index (χ0v) is 38.8. The Balaban J connectivity index is 1.55. The van der Waals surface area contributed by atoms with Gasteiger partial charge in [0.25, 0.3) is 10.1 Å². The molecule has 3 aromatic rings. The quantitative estimate of drug-likeness (QED) is 0.0776. The minimum absolute atomic E-state index is 0.0114. The lowest BCUT2D eigenvalue weighted by Gasteiger charge is -2.30. The number of amides is 4. The number of Topliss-reactive ketones (excluding diaryl/α,β-unsaturated/α-hetero) is 1. The summed E-state index contributed by atoms with van der Waals surface area (Å²) in [5.41, 5.74) is 0.157. The molecule has 0 saturated carbocycles. The molecular weight excluding hydrogens is 839 g/mol. The number of hydrogen-bond donors (Lipinski definition) is 5. The normalized spacial score (nSPS) is 16.2. The number of aliphatic hydroxyl groups is 1. The van der Waals surface area contributed by atoms with Crippen LogP contribution in [0.25, 0.3) is 0 Å². The fraction of sp³-hybridized carbons (Fsp3) is 0.521. The molecule has 1 aliphatic rings. The average Bonchev–Trinajstić information content (AvgIpc) is 3.26. The number of nitrogens with zero attached hydrogens (tertiary/aromatic N) is 1. The third kappa shape index (κ3) is 17.2. The molecule has 0 radical (unpaired) electrons. The van der Waals surface area contributed by atoms with Crippen molar-refractivity contribution in [3.05, 3.63) is 102 Å². The largest absolute Gasteiger partial charge is 0.380 e. The van der Waals surface area contributed by atoms with Gasteiger partial charge in [-0.15, -0.1) is 0 Å². The molecular formula is C48H67N5O10S. The maximum atomic E-state index is 14.4. The van der Waals surface area contributed by atoms with Crippen molar-refractivity contribution in [3.8, 4) is 0 Å². The first-order chi connectivity index (χ1) is 30.3. The van der Waals surface area contributed by atoms with Crippen LogP contribution >= 0.6 is 0 Å². The predicted octanol–water partition coefficient (Wildman–Crippen LogP) is 3.65. The van der Waals surface area contributed by atoms with E-state index in [0.717, 1.165) is 18.1 Å². The summed E-state index contributed by atoms with van der Waals surface area (Å²) in [5, 5.41) is 22.7. The van der Waals surface area contributed by atoms with Crippen LogP contribution in [0, 0.1) is 18.8 Å². The fourth-order valence-electron chi connectivity index (χ4n) is 7.19. The number of carbonyl (C=O) groups is 5. The van der Waals surface area contributed by atoms with Gasteiger partial charge in [-0.3, -0.25) is 33.1 Å². The average molecular weight is 906 g/mol. The zero-order valence-electron chi connectivity index (χ0n) is 38.0. The molecule has 350 valence electrons. The second-order valence-corrected chi connectivity index (χ2v) is 19.3. The molecule has 64 heavy (non-hydrogen) atoms. The number of morpholine rings is 1. The van der Waals surface area contributed by atoms with E-state index in [0.29, 0.717) is 44.7 Å². The van der Waals surface area contributed by atoms with E-state index in [9.17, 15) is 37.5 Å². The highest BCUT2D eigenvalue weighted by atomic mass is 32.2. The number of aryl methyl sites for hydroxylation is 2. The van der Waals surface area contributed by atoms with Crippen LogP contribution in [0.3, 0.4) is 0 Å². The molecule has 0 aliphatic carbocycles. The van der Waals surface area contributed by atoms with Gasteiger partial charge in [0.15, 0.2) is 5.78 Å². The molecule has 4 amide bonds. The molecule has 1 fully saturated rings. The number of nitrogens with one attached hydrogen (secondary N) is 4. The molecule has 2 unspecified atom stereocenters. The number of hydrogen-bond acceptors (Lipinski definition) is 11. The van der Waals surface area contributed by atoms with E-state index in [4.69, 9.17) is 8.92 Å². The Morgan fingerprint density at radius 2 is 1.23 bits per heavy atom. The van der Waals surface area contributed by atoms with E-state index < -0.39 is 70.0 Å². The maximum absolute atomic E-state index is 14.4. The first-order valence-corrected chi connectivity index (χ1v) is 23.5. The number of rotatable bonds is 25. The summed E-state index contributed by atoms with van der Waals surface area (Å²) in [5.74, 6) is -3.13. The van der Waals surface area contributed by atoms with Crippen molar-refractivity contribution in [1.82, 2.24) is 26.2 Å². The smallest absolute Gasteiger partial charge is 0.297 e. The highest BCUT2D eigenvalue weighted by molar-refractivity contribution is 7.86. The van der Waals surface area contributed by atoms with Crippen LogP contribution in [0.2, 0.25) is 0 Å².